The molecule has 4 nitrogen and oxygen atoms in total. The van der Waals surface area contributed by atoms with E-state index in [1.807, 2.05) is 0 Å². The Balaban J connectivity index is 2.11. The zero-order chi connectivity index (χ0) is 13.4. The Kier molecular flexibility index (Phi) is 4.02. The zero-order valence-corrected chi connectivity index (χ0v) is 12.2. The van der Waals surface area contributed by atoms with Gasteiger partial charge in [-0.1, -0.05) is 0 Å². The van der Waals surface area contributed by atoms with E-state index >= 15 is 0 Å². The van der Waals surface area contributed by atoms with E-state index in [9.17, 15) is 0 Å². The van der Waals surface area contributed by atoms with Crippen LogP contribution in [0.4, 0.5) is 0 Å². The number of hydrazine groups is 1. The molecule has 2 aliphatic heterocycles. The summed E-state index contributed by atoms with van der Waals surface area (Å²) >= 11 is 0. The standard InChI is InChI=1S/C14H28N2O2/c1-13(2)9-11(14(3,4)18-13)12(16-15)10-5-7-17-8-6-10/h10-12,16H,5-9,15H2,1-4H3. The van der Waals surface area contributed by atoms with Crippen molar-refractivity contribution >= 4 is 0 Å². The third-order valence-electron chi connectivity index (χ3n) is 4.54. The molecule has 3 N–H and O–H groups in total. The van der Waals surface area contributed by atoms with Crippen LogP contribution in [0.5, 0.6) is 0 Å². The molecule has 0 aliphatic carbocycles. The summed E-state index contributed by atoms with van der Waals surface area (Å²) in [6, 6.07) is 0.325. The lowest BCUT2D eigenvalue weighted by molar-refractivity contribution is -0.0818. The molecule has 0 spiro atoms. The van der Waals surface area contributed by atoms with Crippen LogP contribution in [-0.4, -0.2) is 30.5 Å². The molecule has 0 bridgehead atoms. The van der Waals surface area contributed by atoms with Gasteiger partial charge >= 0.3 is 0 Å². The summed E-state index contributed by atoms with van der Waals surface area (Å²) < 4.78 is 11.6. The highest BCUT2D eigenvalue weighted by atomic mass is 16.5. The molecule has 18 heavy (non-hydrogen) atoms. The van der Waals surface area contributed by atoms with Crippen LogP contribution >= 0.6 is 0 Å². The quantitative estimate of drug-likeness (QED) is 0.597. The molecule has 2 rings (SSSR count). The average Bonchev–Trinajstić information content (AvgIpc) is 2.50. The largest absolute Gasteiger partial charge is 0.381 e. The molecule has 0 aromatic rings. The van der Waals surface area contributed by atoms with Crippen LogP contribution in [0.25, 0.3) is 0 Å². The summed E-state index contributed by atoms with van der Waals surface area (Å²) in [5.74, 6) is 6.91. The first-order chi connectivity index (χ1) is 8.36. The van der Waals surface area contributed by atoms with E-state index < -0.39 is 0 Å². The SMILES string of the molecule is CC1(C)CC(C(NN)C2CCOCC2)C(C)(C)O1. The van der Waals surface area contributed by atoms with Crippen LogP contribution in [0.2, 0.25) is 0 Å². The van der Waals surface area contributed by atoms with Crippen molar-refractivity contribution in [2.45, 2.75) is 64.2 Å². The molecular weight excluding hydrogens is 228 g/mol. The highest BCUT2D eigenvalue weighted by Gasteiger charge is 2.50. The van der Waals surface area contributed by atoms with E-state index in [2.05, 4.69) is 33.1 Å². The monoisotopic (exact) mass is 256 g/mol. The Morgan fingerprint density at radius 3 is 2.22 bits per heavy atom. The van der Waals surface area contributed by atoms with Crippen LogP contribution < -0.4 is 11.3 Å². The summed E-state index contributed by atoms with van der Waals surface area (Å²) in [4.78, 5) is 0. The van der Waals surface area contributed by atoms with Crippen molar-refractivity contribution in [1.29, 1.82) is 0 Å². The maximum absolute atomic E-state index is 6.20. The van der Waals surface area contributed by atoms with Crippen molar-refractivity contribution in [3.8, 4) is 0 Å². The molecule has 4 heteroatoms. The van der Waals surface area contributed by atoms with Gasteiger partial charge in [-0.05, 0) is 52.9 Å². The molecule has 2 fully saturated rings. The Morgan fingerprint density at radius 2 is 1.78 bits per heavy atom. The van der Waals surface area contributed by atoms with Gasteiger partial charge in [0.2, 0.25) is 0 Å². The predicted molar refractivity (Wildman–Crippen MR) is 72.0 cm³/mol. The molecule has 2 aliphatic rings. The average molecular weight is 256 g/mol. The number of nitrogens with two attached hydrogens (primary N) is 1. The summed E-state index contributed by atoms with van der Waals surface area (Å²) in [7, 11) is 0. The number of hydrogen-bond donors (Lipinski definition) is 2. The van der Waals surface area contributed by atoms with E-state index in [0.29, 0.717) is 17.9 Å². The van der Waals surface area contributed by atoms with Crippen molar-refractivity contribution in [2.75, 3.05) is 13.2 Å². The molecule has 2 saturated heterocycles. The number of nitrogens with one attached hydrogen (secondary N) is 1. The van der Waals surface area contributed by atoms with Crippen molar-refractivity contribution < 1.29 is 9.47 Å². The van der Waals surface area contributed by atoms with Gasteiger partial charge in [0.1, 0.15) is 0 Å². The third-order valence-corrected chi connectivity index (χ3v) is 4.54. The Morgan fingerprint density at radius 1 is 1.17 bits per heavy atom. The Bertz CT molecular complexity index is 286. The molecule has 0 saturated carbocycles. The van der Waals surface area contributed by atoms with Crippen LogP contribution in [0.3, 0.4) is 0 Å². The molecule has 0 aromatic carbocycles. The molecule has 106 valence electrons. The van der Waals surface area contributed by atoms with E-state index in [4.69, 9.17) is 15.3 Å². The molecule has 0 radical (unpaired) electrons. The van der Waals surface area contributed by atoms with Crippen molar-refractivity contribution in [3.63, 3.8) is 0 Å². The first-order valence-electron chi connectivity index (χ1n) is 7.10. The maximum Gasteiger partial charge on any atom is 0.0678 e. The van der Waals surface area contributed by atoms with Crippen LogP contribution in [-0.2, 0) is 9.47 Å². The summed E-state index contributed by atoms with van der Waals surface area (Å²) in [5.41, 5.74) is 2.91. The minimum Gasteiger partial charge on any atom is -0.381 e. The molecule has 0 aromatic heterocycles. The zero-order valence-electron chi connectivity index (χ0n) is 12.2. The normalized spacial score (nSPS) is 33.5. The van der Waals surface area contributed by atoms with Crippen molar-refractivity contribution in [3.05, 3.63) is 0 Å². The lowest BCUT2D eigenvalue weighted by atomic mass is 9.75. The minimum absolute atomic E-state index is 0.0472. The third kappa shape index (κ3) is 2.87. The molecule has 2 atom stereocenters. The van der Waals surface area contributed by atoms with Gasteiger partial charge in [-0.25, -0.2) is 0 Å². The fourth-order valence-corrected chi connectivity index (χ4v) is 3.82. The second-order valence-corrected chi connectivity index (χ2v) is 6.92. The Hall–Kier alpha value is -0.160. The van der Waals surface area contributed by atoms with E-state index in [1.165, 1.54) is 0 Å². The van der Waals surface area contributed by atoms with E-state index in [0.717, 1.165) is 32.5 Å². The fourth-order valence-electron chi connectivity index (χ4n) is 3.82. The smallest absolute Gasteiger partial charge is 0.0678 e. The van der Waals surface area contributed by atoms with Gasteiger partial charge in [-0.15, -0.1) is 0 Å². The van der Waals surface area contributed by atoms with Crippen LogP contribution in [0.1, 0.15) is 47.0 Å². The van der Waals surface area contributed by atoms with Gasteiger partial charge in [0, 0.05) is 25.2 Å². The lowest BCUT2D eigenvalue weighted by Crippen LogP contribution is -2.52. The van der Waals surface area contributed by atoms with Gasteiger partial charge in [0.15, 0.2) is 0 Å². The summed E-state index contributed by atoms with van der Waals surface area (Å²) in [5, 5.41) is 0. The predicted octanol–water partition coefficient (Wildman–Crippen LogP) is 1.84. The van der Waals surface area contributed by atoms with E-state index in [-0.39, 0.29) is 11.2 Å². The minimum atomic E-state index is -0.112. The fraction of sp³-hybridized carbons (Fsp3) is 1.00. The first kappa shape index (κ1) is 14.3. The van der Waals surface area contributed by atoms with Crippen LogP contribution in [0, 0.1) is 11.8 Å². The summed E-state index contributed by atoms with van der Waals surface area (Å²) in [6.07, 6.45) is 3.26. The maximum atomic E-state index is 6.20. The first-order valence-corrected chi connectivity index (χ1v) is 7.10. The number of rotatable bonds is 3. The van der Waals surface area contributed by atoms with Gasteiger partial charge in [-0.3, -0.25) is 11.3 Å². The Labute approximate surface area is 111 Å². The highest BCUT2D eigenvalue weighted by Crippen LogP contribution is 2.45. The molecule has 0 amide bonds. The van der Waals surface area contributed by atoms with E-state index in [1.54, 1.807) is 0 Å². The van der Waals surface area contributed by atoms with Crippen molar-refractivity contribution in [1.82, 2.24) is 5.43 Å². The summed E-state index contributed by atoms with van der Waals surface area (Å²) in [6.45, 7) is 10.4. The van der Waals surface area contributed by atoms with Crippen molar-refractivity contribution in [2.24, 2.45) is 17.7 Å². The van der Waals surface area contributed by atoms with Gasteiger partial charge in [0.05, 0.1) is 11.2 Å². The van der Waals surface area contributed by atoms with Gasteiger partial charge in [0.25, 0.3) is 0 Å². The van der Waals surface area contributed by atoms with Crippen LogP contribution in [0.15, 0.2) is 0 Å². The van der Waals surface area contributed by atoms with Gasteiger partial charge in [-0.2, -0.15) is 0 Å². The molecule has 2 unspecified atom stereocenters. The number of hydrogen-bond acceptors (Lipinski definition) is 4. The molecular formula is C14H28N2O2. The lowest BCUT2D eigenvalue weighted by Gasteiger charge is -2.38. The van der Waals surface area contributed by atoms with Gasteiger partial charge < -0.3 is 9.47 Å². The second kappa shape index (κ2) is 5.08. The topological polar surface area (TPSA) is 56.5 Å². The second-order valence-electron chi connectivity index (χ2n) is 6.92. The molecule has 2 heterocycles. The number of ether oxygens (including phenoxy) is 2. The highest BCUT2D eigenvalue weighted by molar-refractivity contribution is 5.01.